The smallest absolute Gasteiger partial charge is 0.303 e. The number of carboxylic acid groups (broad SMARTS) is 1. The Hall–Kier alpha value is -2.11. The molecule has 0 spiro atoms. The highest BCUT2D eigenvalue weighted by atomic mass is 16.4. The molecule has 0 aromatic carbocycles. The van der Waals surface area contributed by atoms with Crippen molar-refractivity contribution in [3.63, 3.8) is 0 Å². The number of aryl methyl sites for hydroxylation is 1. The number of hydrogen-bond acceptors (Lipinski definition) is 3. The van der Waals surface area contributed by atoms with Crippen molar-refractivity contribution in [3.8, 4) is 0 Å². The monoisotopic (exact) mass is 250 g/mol. The molecule has 0 atom stereocenters. The molecule has 6 nitrogen and oxygen atoms in total. The van der Waals surface area contributed by atoms with E-state index in [-0.39, 0.29) is 23.8 Å². The topological polar surface area (TPSA) is 90.5 Å². The number of amides is 1. The summed E-state index contributed by atoms with van der Waals surface area (Å²) in [4.78, 5) is 38.1. The number of carbonyl (C=O) groups excluding carboxylic acids is 1. The maximum atomic E-state index is 11.9. The van der Waals surface area contributed by atoms with Crippen molar-refractivity contribution in [2.24, 2.45) is 5.92 Å². The molecule has 1 aliphatic heterocycles. The maximum absolute atomic E-state index is 11.9. The Morgan fingerprint density at radius 3 is 2.67 bits per heavy atom. The van der Waals surface area contributed by atoms with Crippen molar-refractivity contribution in [1.29, 1.82) is 0 Å². The molecule has 2 heterocycles. The lowest BCUT2D eigenvalue weighted by atomic mass is 9.95. The highest BCUT2D eigenvalue weighted by Gasteiger charge is 2.33. The maximum Gasteiger partial charge on any atom is 0.303 e. The van der Waals surface area contributed by atoms with Gasteiger partial charge in [0.25, 0.3) is 11.5 Å². The Kier molecular flexibility index (Phi) is 3.18. The third-order valence-corrected chi connectivity index (χ3v) is 2.99. The van der Waals surface area contributed by atoms with Gasteiger partial charge in [0, 0.05) is 24.7 Å². The number of rotatable bonds is 3. The molecule has 0 aliphatic carbocycles. The van der Waals surface area contributed by atoms with Crippen molar-refractivity contribution >= 4 is 11.9 Å². The van der Waals surface area contributed by atoms with E-state index < -0.39 is 11.5 Å². The normalized spacial score (nSPS) is 15.3. The largest absolute Gasteiger partial charge is 0.481 e. The summed E-state index contributed by atoms with van der Waals surface area (Å²) < 4.78 is 0. The predicted octanol–water partition coefficient (Wildman–Crippen LogP) is 0.230. The summed E-state index contributed by atoms with van der Waals surface area (Å²) in [6.07, 6.45) is 0.0635. The molecule has 6 heteroatoms. The summed E-state index contributed by atoms with van der Waals surface area (Å²) in [7, 11) is 0. The van der Waals surface area contributed by atoms with Crippen LogP contribution in [0.4, 0.5) is 0 Å². The number of hydrogen-bond donors (Lipinski definition) is 2. The molecule has 0 bridgehead atoms. The van der Waals surface area contributed by atoms with Gasteiger partial charge in [-0.25, -0.2) is 0 Å². The average molecular weight is 250 g/mol. The van der Waals surface area contributed by atoms with Gasteiger partial charge in [-0.1, -0.05) is 0 Å². The lowest BCUT2D eigenvalue weighted by Gasteiger charge is -2.38. The van der Waals surface area contributed by atoms with Gasteiger partial charge >= 0.3 is 5.97 Å². The Morgan fingerprint density at radius 1 is 1.44 bits per heavy atom. The minimum atomic E-state index is -0.861. The van der Waals surface area contributed by atoms with E-state index in [1.807, 2.05) is 0 Å². The van der Waals surface area contributed by atoms with E-state index in [1.165, 1.54) is 11.0 Å². The standard InChI is InChI=1S/C12H14N2O4/c1-7-2-3-9(11(17)13-7)12(18)14-5-8(6-14)4-10(15)16/h2-3,8H,4-6H2,1H3,(H,13,17)(H,15,16). The Labute approximate surface area is 103 Å². The first-order valence-electron chi connectivity index (χ1n) is 5.68. The van der Waals surface area contributed by atoms with Crippen molar-refractivity contribution in [2.75, 3.05) is 13.1 Å². The average Bonchev–Trinajstić information content (AvgIpc) is 2.21. The van der Waals surface area contributed by atoms with Crippen LogP contribution in [-0.2, 0) is 4.79 Å². The lowest BCUT2D eigenvalue weighted by Crippen LogP contribution is -2.51. The second kappa shape index (κ2) is 4.64. The molecular formula is C12H14N2O4. The van der Waals surface area contributed by atoms with Crippen LogP contribution in [0.1, 0.15) is 22.5 Å². The predicted molar refractivity (Wildman–Crippen MR) is 63.4 cm³/mol. The third-order valence-electron chi connectivity index (χ3n) is 2.99. The lowest BCUT2D eigenvalue weighted by molar-refractivity contribution is -0.139. The summed E-state index contributed by atoms with van der Waals surface area (Å²) in [5.41, 5.74) is 0.403. The van der Waals surface area contributed by atoms with Crippen LogP contribution in [0.15, 0.2) is 16.9 Å². The van der Waals surface area contributed by atoms with E-state index in [9.17, 15) is 14.4 Å². The number of H-pyrrole nitrogens is 1. The van der Waals surface area contributed by atoms with Gasteiger partial charge in [0.1, 0.15) is 5.56 Å². The molecule has 2 N–H and O–H groups in total. The zero-order valence-corrected chi connectivity index (χ0v) is 9.97. The number of carbonyl (C=O) groups is 2. The number of likely N-dealkylation sites (tertiary alicyclic amines) is 1. The minimum Gasteiger partial charge on any atom is -0.481 e. The van der Waals surface area contributed by atoms with E-state index in [4.69, 9.17) is 5.11 Å². The number of aromatic amines is 1. The van der Waals surface area contributed by atoms with E-state index >= 15 is 0 Å². The summed E-state index contributed by atoms with van der Waals surface area (Å²) >= 11 is 0. The van der Waals surface area contributed by atoms with E-state index in [1.54, 1.807) is 13.0 Å². The van der Waals surface area contributed by atoms with Gasteiger partial charge in [0.05, 0.1) is 6.42 Å². The quantitative estimate of drug-likeness (QED) is 0.803. The Balaban J connectivity index is 2.02. The Morgan fingerprint density at radius 2 is 2.11 bits per heavy atom. The van der Waals surface area contributed by atoms with E-state index in [0.717, 1.165) is 0 Å². The SMILES string of the molecule is Cc1ccc(C(=O)N2CC(CC(=O)O)C2)c(=O)[nH]1. The fourth-order valence-corrected chi connectivity index (χ4v) is 2.02. The van der Waals surface area contributed by atoms with Gasteiger partial charge in [0.2, 0.25) is 0 Å². The number of nitrogens with one attached hydrogen (secondary N) is 1. The first-order chi connectivity index (χ1) is 8.47. The molecule has 0 unspecified atom stereocenters. The van der Waals surface area contributed by atoms with Gasteiger partial charge in [-0.15, -0.1) is 0 Å². The van der Waals surface area contributed by atoms with Gasteiger partial charge < -0.3 is 15.0 Å². The van der Waals surface area contributed by atoms with Crippen LogP contribution >= 0.6 is 0 Å². The van der Waals surface area contributed by atoms with Crippen LogP contribution in [0.3, 0.4) is 0 Å². The van der Waals surface area contributed by atoms with Gasteiger partial charge in [-0.05, 0) is 19.1 Å². The van der Waals surface area contributed by atoms with Crippen molar-refractivity contribution in [3.05, 3.63) is 33.7 Å². The third kappa shape index (κ3) is 2.42. The Bertz CT molecular complexity index is 543. The van der Waals surface area contributed by atoms with E-state index in [0.29, 0.717) is 18.8 Å². The summed E-state index contributed by atoms with van der Waals surface area (Å²) in [5.74, 6) is -1.20. The zero-order chi connectivity index (χ0) is 13.3. The fourth-order valence-electron chi connectivity index (χ4n) is 2.02. The number of aliphatic carboxylic acids is 1. The highest BCUT2D eigenvalue weighted by molar-refractivity contribution is 5.94. The molecule has 1 aromatic rings. The van der Waals surface area contributed by atoms with Crippen LogP contribution in [0.5, 0.6) is 0 Å². The molecule has 2 rings (SSSR count). The van der Waals surface area contributed by atoms with E-state index in [2.05, 4.69) is 4.98 Å². The number of carboxylic acids is 1. The van der Waals surface area contributed by atoms with Gasteiger partial charge in [-0.2, -0.15) is 0 Å². The van der Waals surface area contributed by atoms with Crippen molar-refractivity contribution in [1.82, 2.24) is 9.88 Å². The number of nitrogens with zero attached hydrogens (tertiary/aromatic N) is 1. The van der Waals surface area contributed by atoms with Crippen LogP contribution in [0.2, 0.25) is 0 Å². The van der Waals surface area contributed by atoms with Gasteiger partial charge in [0.15, 0.2) is 0 Å². The van der Waals surface area contributed by atoms with Crippen molar-refractivity contribution < 1.29 is 14.7 Å². The van der Waals surface area contributed by atoms with Crippen LogP contribution in [0, 0.1) is 12.8 Å². The molecule has 1 fully saturated rings. The number of aromatic nitrogens is 1. The summed E-state index contributed by atoms with van der Waals surface area (Å²) in [5, 5.41) is 8.61. The summed E-state index contributed by atoms with van der Waals surface area (Å²) in [6, 6.07) is 3.17. The number of pyridine rings is 1. The molecule has 1 aliphatic rings. The van der Waals surface area contributed by atoms with Crippen LogP contribution < -0.4 is 5.56 Å². The van der Waals surface area contributed by atoms with Gasteiger partial charge in [-0.3, -0.25) is 14.4 Å². The highest BCUT2D eigenvalue weighted by Crippen LogP contribution is 2.20. The first kappa shape index (κ1) is 12.3. The summed E-state index contributed by atoms with van der Waals surface area (Å²) in [6.45, 7) is 2.54. The molecule has 0 radical (unpaired) electrons. The van der Waals surface area contributed by atoms with Crippen LogP contribution in [0.25, 0.3) is 0 Å². The van der Waals surface area contributed by atoms with Crippen molar-refractivity contribution in [2.45, 2.75) is 13.3 Å². The second-order valence-corrected chi connectivity index (χ2v) is 4.56. The molecule has 18 heavy (non-hydrogen) atoms. The molecule has 1 saturated heterocycles. The first-order valence-corrected chi connectivity index (χ1v) is 5.68. The molecule has 1 amide bonds. The molecule has 0 saturated carbocycles. The minimum absolute atomic E-state index is 0.00372. The fraction of sp³-hybridized carbons (Fsp3) is 0.417. The molecule has 96 valence electrons. The molecular weight excluding hydrogens is 236 g/mol. The second-order valence-electron chi connectivity index (χ2n) is 4.56. The zero-order valence-electron chi connectivity index (χ0n) is 9.97. The van der Waals surface area contributed by atoms with Crippen LogP contribution in [-0.4, -0.2) is 40.0 Å². The molecule has 1 aromatic heterocycles.